The predicted octanol–water partition coefficient (Wildman–Crippen LogP) is 2.61. The predicted molar refractivity (Wildman–Crippen MR) is 85.1 cm³/mol. The van der Waals surface area contributed by atoms with E-state index in [0.717, 1.165) is 38.5 Å². The Labute approximate surface area is 131 Å². The van der Waals surface area contributed by atoms with Gasteiger partial charge in [-0.1, -0.05) is 31.2 Å². The van der Waals surface area contributed by atoms with Crippen molar-refractivity contribution in [2.24, 2.45) is 17.1 Å². The molecule has 3 N–H and O–H groups in total. The second-order valence-corrected chi connectivity index (χ2v) is 8.33. The molecule has 5 rings (SSSR count). The Morgan fingerprint density at radius 2 is 2.14 bits per heavy atom. The number of nitrogens with two attached hydrogens (primary N) is 1. The molecule has 2 bridgehead atoms. The molecule has 0 unspecified atom stereocenters. The first-order valence-electron chi connectivity index (χ1n) is 8.73. The van der Waals surface area contributed by atoms with E-state index < -0.39 is 0 Å². The third-order valence-corrected chi connectivity index (χ3v) is 7.30. The molecule has 3 heteroatoms. The molecule has 0 amide bonds. The third-order valence-electron chi connectivity index (χ3n) is 7.30. The van der Waals surface area contributed by atoms with Crippen molar-refractivity contribution in [1.29, 1.82) is 0 Å². The van der Waals surface area contributed by atoms with Gasteiger partial charge in [-0.05, 0) is 49.7 Å². The number of fused-ring (bicyclic) bond motifs is 1. The summed E-state index contributed by atoms with van der Waals surface area (Å²) < 4.78 is 6.90. The molecule has 5 aliphatic rings. The van der Waals surface area contributed by atoms with Crippen LogP contribution in [0.5, 0.6) is 0 Å². The minimum atomic E-state index is -0.191. The fraction of sp³-hybridized carbons (Fsp3) is 0.684. The number of hydrogen-bond donors (Lipinski definition) is 2. The fourth-order valence-corrected chi connectivity index (χ4v) is 6.07. The molecule has 3 aliphatic carbocycles. The van der Waals surface area contributed by atoms with Crippen LogP contribution in [0.15, 0.2) is 35.5 Å². The van der Waals surface area contributed by atoms with Gasteiger partial charge in [-0.2, -0.15) is 0 Å². The molecule has 0 aromatic rings. The normalized spacial score (nSPS) is 55.1. The number of ether oxygens (including phenoxy) is 1. The molecule has 2 heterocycles. The lowest BCUT2D eigenvalue weighted by molar-refractivity contribution is -0.137. The van der Waals surface area contributed by atoms with E-state index in [1.54, 1.807) is 0 Å². The van der Waals surface area contributed by atoms with Crippen LogP contribution in [0.2, 0.25) is 0 Å². The summed E-state index contributed by atoms with van der Waals surface area (Å²) >= 11 is 0. The van der Waals surface area contributed by atoms with Crippen LogP contribution in [-0.2, 0) is 4.74 Å². The van der Waals surface area contributed by atoms with Gasteiger partial charge >= 0.3 is 0 Å². The van der Waals surface area contributed by atoms with Crippen LogP contribution >= 0.6 is 0 Å². The second-order valence-electron chi connectivity index (χ2n) is 8.33. The van der Waals surface area contributed by atoms with E-state index >= 15 is 0 Å². The SMILES string of the molecule is C[C@]12CC=C3C=C4C=C[C@@H](N)C[C@]45CC[C@]3(O5)[C@@H]1CC[C@@H]2O. The molecule has 0 aromatic heterocycles. The van der Waals surface area contributed by atoms with Crippen LogP contribution in [-0.4, -0.2) is 28.5 Å². The highest BCUT2D eigenvalue weighted by Gasteiger charge is 2.65. The van der Waals surface area contributed by atoms with Gasteiger partial charge in [0.1, 0.15) is 0 Å². The van der Waals surface area contributed by atoms with Gasteiger partial charge in [-0.25, -0.2) is 0 Å². The summed E-state index contributed by atoms with van der Waals surface area (Å²) in [6.07, 6.45) is 14.8. The largest absolute Gasteiger partial charge is 0.393 e. The first-order valence-corrected chi connectivity index (χ1v) is 8.73. The van der Waals surface area contributed by atoms with E-state index in [-0.39, 0.29) is 28.8 Å². The van der Waals surface area contributed by atoms with E-state index in [1.807, 2.05) is 0 Å². The molecule has 1 saturated carbocycles. The number of aliphatic hydroxyl groups is 1. The summed E-state index contributed by atoms with van der Waals surface area (Å²) in [6.45, 7) is 2.26. The summed E-state index contributed by atoms with van der Waals surface area (Å²) in [5.41, 5.74) is 8.52. The molecule has 2 spiro atoms. The Morgan fingerprint density at radius 1 is 1.27 bits per heavy atom. The lowest BCUT2D eigenvalue weighted by Gasteiger charge is -2.53. The quantitative estimate of drug-likeness (QED) is 0.723. The molecule has 6 atom stereocenters. The molecule has 3 nitrogen and oxygen atoms in total. The van der Waals surface area contributed by atoms with Crippen LogP contribution in [0.25, 0.3) is 0 Å². The Morgan fingerprint density at radius 3 is 3.00 bits per heavy atom. The van der Waals surface area contributed by atoms with Gasteiger partial charge in [-0.3, -0.25) is 0 Å². The van der Waals surface area contributed by atoms with E-state index in [4.69, 9.17) is 10.5 Å². The highest BCUT2D eigenvalue weighted by Crippen LogP contribution is 2.65. The molecule has 0 radical (unpaired) electrons. The summed E-state index contributed by atoms with van der Waals surface area (Å²) in [4.78, 5) is 0. The maximum atomic E-state index is 10.5. The first-order chi connectivity index (χ1) is 10.5. The fourth-order valence-electron chi connectivity index (χ4n) is 6.07. The highest BCUT2D eigenvalue weighted by molar-refractivity contribution is 5.51. The lowest BCUT2D eigenvalue weighted by Crippen LogP contribution is -2.54. The Bertz CT molecular complexity index is 635. The Hall–Kier alpha value is -0.900. The van der Waals surface area contributed by atoms with Crippen molar-refractivity contribution in [1.82, 2.24) is 0 Å². The van der Waals surface area contributed by atoms with Crippen molar-refractivity contribution in [2.45, 2.75) is 68.8 Å². The summed E-state index contributed by atoms with van der Waals surface area (Å²) in [6, 6.07) is 0.0990. The maximum Gasteiger partial charge on any atom is 0.0976 e. The summed E-state index contributed by atoms with van der Waals surface area (Å²) in [7, 11) is 0. The van der Waals surface area contributed by atoms with Gasteiger partial charge in [0.15, 0.2) is 0 Å². The van der Waals surface area contributed by atoms with Crippen LogP contribution in [0.3, 0.4) is 0 Å². The monoisotopic (exact) mass is 299 g/mol. The van der Waals surface area contributed by atoms with E-state index in [1.165, 1.54) is 11.1 Å². The average Bonchev–Trinajstić information content (AvgIpc) is 2.95. The van der Waals surface area contributed by atoms with Gasteiger partial charge in [0.2, 0.25) is 0 Å². The van der Waals surface area contributed by atoms with Crippen LogP contribution < -0.4 is 5.73 Å². The van der Waals surface area contributed by atoms with Gasteiger partial charge in [0, 0.05) is 17.4 Å². The smallest absolute Gasteiger partial charge is 0.0976 e. The third kappa shape index (κ3) is 1.39. The zero-order valence-electron chi connectivity index (χ0n) is 13.2. The van der Waals surface area contributed by atoms with Crippen molar-refractivity contribution < 1.29 is 9.84 Å². The highest BCUT2D eigenvalue weighted by atomic mass is 16.5. The Balaban J connectivity index is 1.67. The first kappa shape index (κ1) is 13.5. The number of aliphatic hydroxyl groups excluding tert-OH is 1. The molecular weight excluding hydrogens is 274 g/mol. The topological polar surface area (TPSA) is 55.5 Å². The number of allylic oxidation sites excluding steroid dienone is 1. The molecule has 22 heavy (non-hydrogen) atoms. The molecule has 1 saturated heterocycles. The van der Waals surface area contributed by atoms with Crippen LogP contribution in [0, 0.1) is 11.3 Å². The van der Waals surface area contributed by atoms with Crippen LogP contribution in [0.1, 0.15) is 45.4 Å². The number of hydrogen-bond acceptors (Lipinski definition) is 3. The minimum Gasteiger partial charge on any atom is -0.393 e. The molecule has 0 aromatic carbocycles. The Kier molecular flexibility index (Phi) is 2.43. The zero-order valence-corrected chi connectivity index (χ0v) is 13.2. The lowest BCUT2D eigenvalue weighted by atomic mass is 9.60. The van der Waals surface area contributed by atoms with Gasteiger partial charge in [0.05, 0.1) is 17.3 Å². The molecule has 118 valence electrons. The summed E-state index contributed by atoms with van der Waals surface area (Å²) in [5, 5.41) is 10.5. The van der Waals surface area contributed by atoms with E-state index in [0.29, 0.717) is 5.92 Å². The van der Waals surface area contributed by atoms with Crippen molar-refractivity contribution in [3.05, 3.63) is 35.5 Å². The second kappa shape index (κ2) is 3.95. The summed E-state index contributed by atoms with van der Waals surface area (Å²) in [5.74, 6) is 0.439. The standard InChI is InChI=1S/C19H25NO2/c1-17-7-6-13-10-12-2-3-14(20)11-18(12)8-9-19(13,22-18)15(17)4-5-16(17)21/h2-3,6,10,14-16,21H,4-5,7-9,11,20H2,1H3/t14-,15-,16+,17+,18-,19-/m1/s1. The van der Waals surface area contributed by atoms with Crippen molar-refractivity contribution in [3.8, 4) is 0 Å². The van der Waals surface area contributed by atoms with E-state index in [9.17, 15) is 5.11 Å². The zero-order chi connectivity index (χ0) is 15.2. The van der Waals surface area contributed by atoms with Crippen molar-refractivity contribution >= 4 is 0 Å². The van der Waals surface area contributed by atoms with Crippen molar-refractivity contribution in [3.63, 3.8) is 0 Å². The van der Waals surface area contributed by atoms with E-state index in [2.05, 4.69) is 31.2 Å². The molecule has 2 fully saturated rings. The number of rotatable bonds is 0. The van der Waals surface area contributed by atoms with Gasteiger partial charge in [-0.15, -0.1) is 0 Å². The van der Waals surface area contributed by atoms with Crippen molar-refractivity contribution in [2.75, 3.05) is 0 Å². The van der Waals surface area contributed by atoms with Crippen LogP contribution in [0.4, 0.5) is 0 Å². The van der Waals surface area contributed by atoms with Gasteiger partial charge in [0.25, 0.3) is 0 Å². The maximum absolute atomic E-state index is 10.5. The minimum absolute atomic E-state index is 0.0208. The molecule has 2 aliphatic heterocycles. The average molecular weight is 299 g/mol. The molecular formula is C19H25NO2. The van der Waals surface area contributed by atoms with Gasteiger partial charge < -0.3 is 15.6 Å².